The van der Waals surface area contributed by atoms with Gasteiger partial charge in [-0.25, -0.2) is 0 Å². The first-order chi connectivity index (χ1) is 11.3. The SMILES string of the molecule is O=c1cc(N2CCOCC2)nc(N2C[C@@H]2Cc2ccccc2)[nH]1. The summed E-state index contributed by atoms with van der Waals surface area (Å²) < 4.78 is 5.36. The second kappa shape index (κ2) is 6.04. The van der Waals surface area contributed by atoms with Gasteiger partial charge in [-0.3, -0.25) is 9.78 Å². The van der Waals surface area contributed by atoms with E-state index in [9.17, 15) is 4.79 Å². The Morgan fingerprint density at radius 3 is 2.78 bits per heavy atom. The van der Waals surface area contributed by atoms with E-state index in [1.54, 1.807) is 6.07 Å². The van der Waals surface area contributed by atoms with Gasteiger partial charge in [0, 0.05) is 25.7 Å². The Morgan fingerprint density at radius 1 is 1.22 bits per heavy atom. The van der Waals surface area contributed by atoms with Crippen molar-refractivity contribution in [3.8, 4) is 0 Å². The van der Waals surface area contributed by atoms with Crippen LogP contribution >= 0.6 is 0 Å². The van der Waals surface area contributed by atoms with E-state index in [0.29, 0.717) is 25.2 Å². The highest BCUT2D eigenvalue weighted by Gasteiger charge is 2.36. The molecule has 1 N–H and O–H groups in total. The summed E-state index contributed by atoms with van der Waals surface area (Å²) in [5.74, 6) is 1.43. The van der Waals surface area contributed by atoms with Crippen LogP contribution in [0.3, 0.4) is 0 Å². The number of aromatic nitrogens is 2. The number of anilines is 2. The highest BCUT2D eigenvalue weighted by atomic mass is 16.5. The third-order valence-corrected chi connectivity index (χ3v) is 4.35. The van der Waals surface area contributed by atoms with Gasteiger partial charge < -0.3 is 14.5 Å². The highest BCUT2D eigenvalue weighted by molar-refractivity contribution is 5.49. The van der Waals surface area contributed by atoms with E-state index in [1.807, 2.05) is 6.07 Å². The van der Waals surface area contributed by atoms with E-state index in [2.05, 4.69) is 44.0 Å². The summed E-state index contributed by atoms with van der Waals surface area (Å²) in [4.78, 5) is 23.7. The van der Waals surface area contributed by atoms with Gasteiger partial charge >= 0.3 is 0 Å². The molecule has 0 amide bonds. The van der Waals surface area contributed by atoms with E-state index in [-0.39, 0.29) is 5.56 Å². The third kappa shape index (κ3) is 3.22. The summed E-state index contributed by atoms with van der Waals surface area (Å²) >= 11 is 0. The predicted molar refractivity (Wildman–Crippen MR) is 89.2 cm³/mol. The molecule has 6 nitrogen and oxygen atoms in total. The van der Waals surface area contributed by atoms with Gasteiger partial charge in [0.05, 0.1) is 19.3 Å². The van der Waals surface area contributed by atoms with Gasteiger partial charge in [0.1, 0.15) is 5.82 Å². The standard InChI is InChI=1S/C17H20N4O2/c22-16-11-15(20-6-8-23-9-7-20)18-17(19-16)21-12-14(21)10-13-4-2-1-3-5-13/h1-5,11,14H,6-10,12H2,(H,18,19,22)/t14-,21?/m0/s1. The van der Waals surface area contributed by atoms with E-state index in [1.165, 1.54) is 5.56 Å². The van der Waals surface area contributed by atoms with Crippen LogP contribution in [0.4, 0.5) is 11.8 Å². The van der Waals surface area contributed by atoms with Crippen LogP contribution in [-0.4, -0.2) is 48.9 Å². The van der Waals surface area contributed by atoms with Crippen LogP contribution in [0.5, 0.6) is 0 Å². The molecule has 1 aromatic heterocycles. The van der Waals surface area contributed by atoms with Gasteiger partial charge in [-0.05, 0) is 12.0 Å². The van der Waals surface area contributed by atoms with Crippen LogP contribution in [0.25, 0.3) is 0 Å². The number of H-pyrrole nitrogens is 1. The minimum atomic E-state index is -0.0955. The van der Waals surface area contributed by atoms with Gasteiger partial charge in [0.15, 0.2) is 0 Å². The molecule has 0 radical (unpaired) electrons. The maximum Gasteiger partial charge on any atom is 0.254 e. The highest BCUT2D eigenvalue weighted by Crippen LogP contribution is 2.27. The van der Waals surface area contributed by atoms with E-state index in [0.717, 1.165) is 31.9 Å². The fraction of sp³-hybridized carbons (Fsp3) is 0.412. The van der Waals surface area contributed by atoms with Crippen LogP contribution in [0.2, 0.25) is 0 Å². The third-order valence-electron chi connectivity index (χ3n) is 4.35. The molecule has 2 aliphatic heterocycles. The Morgan fingerprint density at radius 2 is 2.00 bits per heavy atom. The number of nitrogens with zero attached hydrogens (tertiary/aromatic N) is 3. The van der Waals surface area contributed by atoms with Crippen LogP contribution in [0.1, 0.15) is 5.56 Å². The van der Waals surface area contributed by atoms with Crippen LogP contribution in [0, 0.1) is 0 Å². The Labute approximate surface area is 134 Å². The van der Waals surface area contributed by atoms with Crippen molar-refractivity contribution >= 4 is 11.8 Å². The van der Waals surface area contributed by atoms with E-state index in [4.69, 9.17) is 4.74 Å². The lowest BCUT2D eigenvalue weighted by Gasteiger charge is -2.27. The molecule has 2 aliphatic rings. The number of hydrogen-bond acceptors (Lipinski definition) is 5. The molecule has 120 valence electrons. The predicted octanol–water partition coefficient (Wildman–Crippen LogP) is 1.04. The van der Waals surface area contributed by atoms with Gasteiger partial charge in [0.25, 0.3) is 5.56 Å². The zero-order valence-corrected chi connectivity index (χ0v) is 12.9. The fourth-order valence-corrected chi connectivity index (χ4v) is 3.02. The molecule has 0 spiro atoms. The average Bonchev–Trinajstić information content (AvgIpc) is 3.35. The summed E-state index contributed by atoms with van der Waals surface area (Å²) in [5, 5.41) is 0. The minimum absolute atomic E-state index is 0.0955. The molecule has 3 heterocycles. The maximum absolute atomic E-state index is 12.0. The van der Waals surface area contributed by atoms with Crippen LogP contribution in [-0.2, 0) is 11.2 Å². The average molecular weight is 312 g/mol. The Bertz CT molecular complexity index is 725. The lowest BCUT2D eigenvalue weighted by Crippen LogP contribution is -2.37. The summed E-state index contributed by atoms with van der Waals surface area (Å²) in [6, 6.07) is 12.4. The van der Waals surface area contributed by atoms with Gasteiger partial charge in [-0.2, -0.15) is 4.98 Å². The first-order valence-electron chi connectivity index (χ1n) is 8.04. The molecule has 6 heteroatoms. The van der Waals surface area contributed by atoms with E-state index < -0.39 is 0 Å². The quantitative estimate of drug-likeness (QED) is 0.855. The molecule has 0 bridgehead atoms. The number of hydrogen-bond donors (Lipinski definition) is 1. The lowest BCUT2D eigenvalue weighted by atomic mass is 10.1. The lowest BCUT2D eigenvalue weighted by molar-refractivity contribution is 0.122. The summed E-state index contributed by atoms with van der Waals surface area (Å²) in [6.45, 7) is 3.87. The number of ether oxygens (including phenoxy) is 1. The molecule has 2 fully saturated rings. The number of morpholine rings is 1. The summed E-state index contributed by atoms with van der Waals surface area (Å²) in [5.41, 5.74) is 1.22. The number of rotatable bonds is 4. The molecule has 23 heavy (non-hydrogen) atoms. The van der Waals surface area contributed by atoms with Crippen molar-refractivity contribution in [1.29, 1.82) is 0 Å². The Balaban J connectivity index is 1.49. The second-order valence-electron chi connectivity index (χ2n) is 6.02. The molecular weight excluding hydrogens is 292 g/mol. The van der Waals surface area contributed by atoms with E-state index >= 15 is 0 Å². The number of aromatic amines is 1. The first-order valence-corrected chi connectivity index (χ1v) is 8.04. The summed E-state index contributed by atoms with van der Waals surface area (Å²) in [6.07, 6.45) is 0.979. The molecule has 1 aromatic carbocycles. The minimum Gasteiger partial charge on any atom is -0.378 e. The number of nitrogens with one attached hydrogen (secondary N) is 1. The van der Waals surface area contributed by atoms with Crippen molar-refractivity contribution in [3.63, 3.8) is 0 Å². The second-order valence-corrected chi connectivity index (χ2v) is 6.02. The first kappa shape index (κ1) is 14.3. The molecule has 0 aliphatic carbocycles. The molecular formula is C17H20N4O2. The largest absolute Gasteiger partial charge is 0.378 e. The van der Waals surface area contributed by atoms with Gasteiger partial charge in [-0.1, -0.05) is 30.3 Å². The smallest absolute Gasteiger partial charge is 0.254 e. The maximum atomic E-state index is 12.0. The molecule has 0 unspecified atom stereocenters. The monoisotopic (exact) mass is 312 g/mol. The van der Waals surface area contributed by atoms with Crippen molar-refractivity contribution < 1.29 is 4.74 Å². The van der Waals surface area contributed by atoms with Crippen molar-refractivity contribution in [2.45, 2.75) is 12.5 Å². The van der Waals surface area contributed by atoms with Gasteiger partial charge in [0.2, 0.25) is 5.95 Å². The van der Waals surface area contributed by atoms with Crippen molar-refractivity contribution in [2.24, 2.45) is 0 Å². The summed E-state index contributed by atoms with van der Waals surface area (Å²) in [7, 11) is 0. The molecule has 2 saturated heterocycles. The molecule has 0 saturated carbocycles. The van der Waals surface area contributed by atoms with Crippen molar-refractivity contribution in [2.75, 3.05) is 42.6 Å². The molecule has 1 atom stereocenters. The normalized spacial score (nSPS) is 20.6. The van der Waals surface area contributed by atoms with Gasteiger partial charge in [-0.15, -0.1) is 0 Å². The van der Waals surface area contributed by atoms with Crippen LogP contribution < -0.4 is 15.4 Å². The van der Waals surface area contributed by atoms with Crippen molar-refractivity contribution in [1.82, 2.24) is 9.97 Å². The topological polar surface area (TPSA) is 61.2 Å². The molecule has 2 aromatic rings. The molecule has 4 rings (SSSR count). The fourth-order valence-electron chi connectivity index (χ4n) is 3.02. The zero-order chi connectivity index (χ0) is 15.6. The zero-order valence-electron chi connectivity index (χ0n) is 12.9. The Kier molecular flexibility index (Phi) is 3.75. The Hall–Kier alpha value is -2.34. The van der Waals surface area contributed by atoms with Crippen LogP contribution in [0.15, 0.2) is 41.2 Å². The number of benzene rings is 1. The van der Waals surface area contributed by atoms with Crippen molar-refractivity contribution in [3.05, 3.63) is 52.3 Å².